The van der Waals surface area contributed by atoms with E-state index in [0.29, 0.717) is 28.3 Å². The Morgan fingerprint density at radius 2 is 1.71 bits per heavy atom. The largest absolute Gasteiger partial charge is 0.453 e. The third-order valence-electron chi connectivity index (χ3n) is 4.07. The molecule has 0 aliphatic carbocycles. The number of benzene rings is 2. The van der Waals surface area contributed by atoms with E-state index in [9.17, 15) is 0 Å². The van der Waals surface area contributed by atoms with E-state index in [2.05, 4.69) is 44.5 Å². The molecule has 28 heavy (non-hydrogen) atoms. The predicted molar refractivity (Wildman–Crippen MR) is 111 cm³/mol. The molecule has 0 fully saturated rings. The van der Waals surface area contributed by atoms with Gasteiger partial charge >= 0.3 is 0 Å². The Bertz CT molecular complexity index is 1100. The monoisotopic (exact) mass is 390 g/mol. The first kappa shape index (κ1) is 17.9. The summed E-state index contributed by atoms with van der Waals surface area (Å²) in [5, 5.41) is 11.0. The van der Waals surface area contributed by atoms with Gasteiger partial charge in [0.1, 0.15) is 11.6 Å². The van der Waals surface area contributed by atoms with Gasteiger partial charge in [-0.15, -0.1) is 5.10 Å². The molecular weight excluding hydrogens is 372 g/mol. The number of rotatable bonds is 6. The van der Waals surface area contributed by atoms with Gasteiger partial charge in [0.25, 0.3) is 0 Å². The summed E-state index contributed by atoms with van der Waals surface area (Å²) in [6.07, 6.45) is 0. The van der Waals surface area contributed by atoms with Crippen LogP contribution in [0.25, 0.3) is 34.0 Å². The van der Waals surface area contributed by atoms with E-state index >= 15 is 0 Å². The summed E-state index contributed by atoms with van der Waals surface area (Å²) in [5.74, 6) is 7.80. The molecule has 2 heterocycles. The van der Waals surface area contributed by atoms with Crippen LogP contribution in [0.4, 0.5) is 0 Å². The SMILES string of the molecule is N/N=C(\N)CSc1n[nH]c(-c2ccc(-c3cccc(-c4ccccc4)c3)o2)n1. The molecule has 0 saturated carbocycles. The molecule has 0 amide bonds. The number of hydrogen-bond donors (Lipinski definition) is 3. The summed E-state index contributed by atoms with van der Waals surface area (Å²) in [6.45, 7) is 0. The fourth-order valence-corrected chi connectivity index (χ4v) is 3.32. The van der Waals surface area contributed by atoms with Crippen LogP contribution >= 0.6 is 11.8 Å². The van der Waals surface area contributed by atoms with Crippen molar-refractivity contribution in [3.05, 3.63) is 66.7 Å². The zero-order chi connectivity index (χ0) is 19.3. The molecule has 7 nitrogen and oxygen atoms in total. The number of aromatic amines is 1. The van der Waals surface area contributed by atoms with Gasteiger partial charge in [0.15, 0.2) is 11.6 Å². The van der Waals surface area contributed by atoms with Gasteiger partial charge in [0.05, 0.1) is 5.75 Å². The number of H-pyrrole nitrogens is 1. The van der Waals surface area contributed by atoms with Crippen LogP contribution < -0.4 is 11.6 Å². The van der Waals surface area contributed by atoms with Gasteiger partial charge in [-0.3, -0.25) is 5.10 Å². The highest BCUT2D eigenvalue weighted by Crippen LogP contribution is 2.30. The van der Waals surface area contributed by atoms with Crippen molar-refractivity contribution >= 4 is 17.6 Å². The highest BCUT2D eigenvalue weighted by molar-refractivity contribution is 7.99. The first-order valence-electron chi connectivity index (χ1n) is 8.56. The van der Waals surface area contributed by atoms with E-state index in [1.165, 1.54) is 11.8 Å². The molecule has 0 atom stereocenters. The zero-order valence-corrected chi connectivity index (χ0v) is 15.7. The second kappa shape index (κ2) is 8.01. The third-order valence-corrected chi connectivity index (χ3v) is 4.95. The predicted octanol–water partition coefficient (Wildman–Crippen LogP) is 3.72. The van der Waals surface area contributed by atoms with Crippen LogP contribution in [0.1, 0.15) is 0 Å². The molecule has 140 valence electrons. The number of aromatic nitrogens is 3. The number of furan rings is 1. The number of nitrogens with zero attached hydrogens (tertiary/aromatic N) is 3. The second-order valence-corrected chi connectivity index (χ2v) is 6.93. The first-order chi connectivity index (χ1) is 13.7. The normalized spacial score (nSPS) is 11.6. The summed E-state index contributed by atoms with van der Waals surface area (Å²) in [6, 6.07) is 22.3. The Labute approximate surface area is 165 Å². The lowest BCUT2D eigenvalue weighted by Crippen LogP contribution is -2.16. The fourth-order valence-electron chi connectivity index (χ4n) is 2.70. The molecular formula is C20H18N6OS. The van der Waals surface area contributed by atoms with Crippen LogP contribution in [0.15, 0.2) is 81.4 Å². The molecule has 4 rings (SSSR count). The number of amidine groups is 1. The van der Waals surface area contributed by atoms with Crippen LogP contribution in [0, 0.1) is 0 Å². The molecule has 4 aromatic rings. The van der Waals surface area contributed by atoms with Crippen LogP contribution in [0.3, 0.4) is 0 Å². The van der Waals surface area contributed by atoms with E-state index in [1.54, 1.807) is 0 Å². The minimum absolute atomic E-state index is 0.329. The number of nitrogens with one attached hydrogen (secondary N) is 1. The van der Waals surface area contributed by atoms with Crippen molar-refractivity contribution in [2.45, 2.75) is 5.16 Å². The number of thioether (sulfide) groups is 1. The number of hydrazone groups is 1. The quantitative estimate of drug-likeness (QED) is 0.152. The molecule has 0 bridgehead atoms. The van der Waals surface area contributed by atoms with Crippen LogP contribution in [-0.2, 0) is 0 Å². The molecule has 0 aliphatic rings. The maximum Gasteiger partial charge on any atom is 0.209 e. The second-order valence-electron chi connectivity index (χ2n) is 5.99. The zero-order valence-electron chi connectivity index (χ0n) is 14.9. The summed E-state index contributed by atoms with van der Waals surface area (Å²) in [7, 11) is 0. The van der Waals surface area contributed by atoms with Crippen LogP contribution in [0.2, 0.25) is 0 Å². The minimum Gasteiger partial charge on any atom is -0.453 e. The molecule has 0 aliphatic heterocycles. The van der Waals surface area contributed by atoms with Crippen molar-refractivity contribution < 1.29 is 4.42 Å². The smallest absolute Gasteiger partial charge is 0.209 e. The Morgan fingerprint density at radius 1 is 0.964 bits per heavy atom. The van der Waals surface area contributed by atoms with Crippen molar-refractivity contribution in [3.8, 4) is 34.0 Å². The molecule has 2 aromatic heterocycles. The topological polar surface area (TPSA) is 119 Å². The molecule has 5 N–H and O–H groups in total. The maximum absolute atomic E-state index is 6.00. The van der Waals surface area contributed by atoms with E-state index in [-0.39, 0.29) is 0 Å². The van der Waals surface area contributed by atoms with Crippen molar-refractivity contribution in [2.24, 2.45) is 16.7 Å². The van der Waals surface area contributed by atoms with Gasteiger partial charge in [0, 0.05) is 5.56 Å². The van der Waals surface area contributed by atoms with E-state index in [1.807, 2.05) is 42.5 Å². The van der Waals surface area contributed by atoms with Gasteiger partial charge in [-0.2, -0.15) is 10.1 Å². The Hall–Kier alpha value is -3.52. The number of hydrogen-bond acceptors (Lipinski definition) is 6. The van der Waals surface area contributed by atoms with E-state index in [0.717, 1.165) is 22.5 Å². The summed E-state index contributed by atoms with van der Waals surface area (Å²) in [5.41, 5.74) is 8.87. The van der Waals surface area contributed by atoms with Crippen molar-refractivity contribution in [3.63, 3.8) is 0 Å². The lowest BCUT2D eigenvalue weighted by atomic mass is 10.0. The highest BCUT2D eigenvalue weighted by Gasteiger charge is 2.12. The molecule has 2 aromatic carbocycles. The molecule has 0 unspecified atom stereocenters. The average Bonchev–Trinajstić information content (AvgIpc) is 3.42. The van der Waals surface area contributed by atoms with Gasteiger partial charge in [-0.1, -0.05) is 60.3 Å². The highest BCUT2D eigenvalue weighted by atomic mass is 32.2. The molecule has 0 spiro atoms. The molecule has 8 heteroatoms. The third kappa shape index (κ3) is 3.91. The summed E-state index contributed by atoms with van der Waals surface area (Å²) in [4.78, 5) is 4.41. The maximum atomic E-state index is 6.00. The van der Waals surface area contributed by atoms with Crippen LogP contribution in [0.5, 0.6) is 0 Å². The summed E-state index contributed by atoms with van der Waals surface area (Å²) < 4.78 is 6.00. The standard InChI is InChI=1S/C20H18N6OS/c21-18(24-22)12-28-20-23-19(25-26-20)17-10-9-16(27-17)15-8-4-7-14(11-15)13-5-2-1-3-6-13/h1-11H,12,22H2,(H2,21,24)(H,23,25,26). The van der Waals surface area contributed by atoms with E-state index in [4.69, 9.17) is 16.0 Å². The number of nitrogens with two attached hydrogens (primary N) is 2. The average molecular weight is 390 g/mol. The summed E-state index contributed by atoms with van der Waals surface area (Å²) >= 11 is 1.34. The Morgan fingerprint density at radius 3 is 2.54 bits per heavy atom. The Kier molecular flexibility index (Phi) is 5.11. The molecule has 0 radical (unpaired) electrons. The molecule has 0 saturated heterocycles. The van der Waals surface area contributed by atoms with Crippen LogP contribution in [-0.4, -0.2) is 26.8 Å². The van der Waals surface area contributed by atoms with Crippen molar-refractivity contribution in [2.75, 3.05) is 5.75 Å². The van der Waals surface area contributed by atoms with Gasteiger partial charge in [0.2, 0.25) is 5.16 Å². The van der Waals surface area contributed by atoms with Gasteiger partial charge in [-0.05, 0) is 29.3 Å². The Balaban J connectivity index is 1.55. The van der Waals surface area contributed by atoms with Gasteiger partial charge in [-0.25, -0.2) is 0 Å². The van der Waals surface area contributed by atoms with Crippen molar-refractivity contribution in [1.82, 2.24) is 15.2 Å². The van der Waals surface area contributed by atoms with E-state index < -0.39 is 0 Å². The fraction of sp³-hybridized carbons (Fsp3) is 0.0500. The lowest BCUT2D eigenvalue weighted by Gasteiger charge is -2.03. The van der Waals surface area contributed by atoms with Crippen molar-refractivity contribution in [1.29, 1.82) is 0 Å². The first-order valence-corrected chi connectivity index (χ1v) is 9.55. The lowest BCUT2D eigenvalue weighted by molar-refractivity contribution is 0.592. The van der Waals surface area contributed by atoms with Gasteiger partial charge < -0.3 is 16.0 Å². The minimum atomic E-state index is 0.329.